The third-order valence-electron chi connectivity index (χ3n) is 0.635. The summed E-state index contributed by atoms with van der Waals surface area (Å²) in [4.78, 5) is 0. The van der Waals surface area contributed by atoms with E-state index < -0.39 is 21.8 Å². The number of alkyl halides is 2. The van der Waals surface area contributed by atoms with Crippen LogP contribution in [0.4, 0.5) is 8.78 Å². The van der Waals surface area contributed by atoms with Crippen molar-refractivity contribution in [3.63, 3.8) is 0 Å². The summed E-state index contributed by atoms with van der Waals surface area (Å²) in [6.07, 6.45) is 0. The fourth-order valence-corrected chi connectivity index (χ4v) is 1.14. The lowest BCUT2D eigenvalue weighted by Crippen LogP contribution is -2.34. The Morgan fingerprint density at radius 3 is 1.90 bits per heavy atom. The Morgan fingerprint density at radius 2 is 1.80 bits per heavy atom. The number of halogens is 2. The molecule has 0 saturated heterocycles. The lowest BCUT2D eigenvalue weighted by molar-refractivity contribution is 0.231. The Morgan fingerprint density at radius 1 is 1.40 bits per heavy atom. The van der Waals surface area contributed by atoms with Gasteiger partial charge in [0, 0.05) is 7.47 Å². The lowest BCUT2D eigenvalue weighted by atomic mass is 10.4. The van der Waals surface area contributed by atoms with Crippen LogP contribution >= 0.6 is 0 Å². The van der Waals surface area contributed by atoms with Gasteiger partial charge in [0.05, 0.1) is 0 Å². The van der Waals surface area contributed by atoms with E-state index in [0.717, 1.165) is 0 Å². The van der Waals surface area contributed by atoms with Gasteiger partial charge in [-0.2, -0.15) is 8.78 Å². The maximum absolute atomic E-state index is 11.5. The van der Waals surface area contributed by atoms with Gasteiger partial charge in [-0.1, -0.05) is 0 Å². The molecule has 1 N–H and O–H groups in total. The van der Waals surface area contributed by atoms with Crippen LogP contribution in [0.1, 0.15) is 15.3 Å². The van der Waals surface area contributed by atoms with Gasteiger partial charge < -0.3 is 0 Å². The van der Waals surface area contributed by atoms with Crippen molar-refractivity contribution in [1.82, 2.24) is 4.72 Å². The molecule has 0 aromatic carbocycles. The summed E-state index contributed by atoms with van der Waals surface area (Å²) in [7, 11) is -4.38. The second kappa shape index (κ2) is 3.25. The molecule has 0 saturated carbocycles. The molecule has 0 unspecified atom stereocenters. The van der Waals surface area contributed by atoms with Gasteiger partial charge in [-0.3, -0.25) is 0 Å². The predicted molar refractivity (Wildman–Crippen MR) is 35.3 cm³/mol. The summed E-state index contributed by atoms with van der Waals surface area (Å²) in [5.74, 6) is -3.34. The van der Waals surface area contributed by atoms with E-state index in [9.17, 15) is 17.2 Å². The number of hydrogen-bond donors (Lipinski definition) is 1. The van der Waals surface area contributed by atoms with Crippen molar-refractivity contribution < 1.29 is 18.6 Å². The highest BCUT2D eigenvalue weighted by molar-refractivity contribution is 7.89. The Bertz CT molecular complexity index is 192. The van der Waals surface area contributed by atoms with Gasteiger partial charge in [-0.15, -0.1) is 0 Å². The number of nitrogens with one attached hydrogen (secondary N) is 1. The first-order valence-corrected chi connectivity index (χ1v) is 4.20. The van der Waals surface area contributed by atoms with Crippen LogP contribution in [0.2, 0.25) is 0 Å². The van der Waals surface area contributed by atoms with Crippen LogP contribution in [0.15, 0.2) is 0 Å². The van der Waals surface area contributed by atoms with Crippen molar-refractivity contribution in [3.8, 4) is 0 Å². The van der Waals surface area contributed by atoms with Gasteiger partial charge in [-0.05, 0) is 13.8 Å². The normalized spacial score (nSPS) is 13.0. The van der Waals surface area contributed by atoms with E-state index in [1.54, 1.807) is 4.72 Å². The van der Waals surface area contributed by atoms with Gasteiger partial charge in [0.1, 0.15) is 0 Å². The van der Waals surface area contributed by atoms with Gasteiger partial charge in [0.15, 0.2) is 0 Å². The Balaban J connectivity index is 0. The molecule has 3 nitrogen and oxygen atoms in total. The molecular weight excluding hydrogens is 164 g/mol. The maximum Gasteiger partial charge on any atom is 0.350 e. The van der Waals surface area contributed by atoms with Crippen molar-refractivity contribution in [3.05, 3.63) is 0 Å². The third kappa shape index (κ3) is 3.07. The zero-order chi connectivity index (χ0) is 8.36. The zero-order valence-corrected chi connectivity index (χ0v) is 6.45. The highest BCUT2D eigenvalue weighted by Crippen LogP contribution is 2.02. The average Bonchev–Trinajstić information content (AvgIpc) is 1.60. The summed E-state index contributed by atoms with van der Waals surface area (Å²) in [5, 5.41) is 0. The van der Waals surface area contributed by atoms with Crippen molar-refractivity contribution >= 4 is 10.0 Å². The first-order valence-electron chi connectivity index (χ1n) is 2.65. The van der Waals surface area contributed by atoms with E-state index in [4.69, 9.17) is 0 Å². The van der Waals surface area contributed by atoms with Crippen LogP contribution in [0, 0.1) is 0 Å². The Kier molecular flexibility index (Phi) is 3.17. The highest BCUT2D eigenvalue weighted by Gasteiger charge is 2.23. The van der Waals surface area contributed by atoms with Crippen LogP contribution in [-0.2, 0) is 10.0 Å². The van der Waals surface area contributed by atoms with E-state index in [1.807, 2.05) is 0 Å². The van der Waals surface area contributed by atoms with Crippen LogP contribution < -0.4 is 4.72 Å². The molecule has 0 aromatic rings. The molecule has 10 heavy (non-hydrogen) atoms. The SMILES string of the molecule is CC(C)NS(=O)(=O)C(F)F.[HH]. The highest BCUT2D eigenvalue weighted by atomic mass is 32.2. The van der Waals surface area contributed by atoms with Gasteiger partial charge in [0.25, 0.3) is 10.0 Å². The van der Waals surface area contributed by atoms with Crippen LogP contribution in [0.5, 0.6) is 0 Å². The second-order valence-electron chi connectivity index (χ2n) is 2.08. The van der Waals surface area contributed by atoms with Gasteiger partial charge in [-0.25, -0.2) is 13.1 Å². The van der Waals surface area contributed by atoms with E-state index in [-0.39, 0.29) is 1.43 Å². The monoisotopic (exact) mass is 175 g/mol. The minimum atomic E-state index is -4.38. The second-order valence-corrected chi connectivity index (χ2v) is 3.76. The summed E-state index contributed by atoms with van der Waals surface area (Å²) in [5.41, 5.74) is 0. The van der Waals surface area contributed by atoms with Crippen LogP contribution in [-0.4, -0.2) is 20.2 Å². The van der Waals surface area contributed by atoms with E-state index in [0.29, 0.717) is 0 Å². The molecular formula is C4H11F2NO2S. The summed E-state index contributed by atoms with van der Waals surface area (Å²) < 4.78 is 45.3. The minimum Gasteiger partial charge on any atom is -0.208 e. The van der Waals surface area contributed by atoms with Crippen molar-refractivity contribution in [2.75, 3.05) is 0 Å². The molecule has 0 aliphatic heterocycles. The maximum atomic E-state index is 11.5. The molecule has 0 atom stereocenters. The standard InChI is InChI=1S/C4H9F2NO2S.H2/c1-3(2)7-10(8,9)4(5)6;/h3-4,7H,1-2H3;1H. The van der Waals surface area contributed by atoms with Crippen LogP contribution in [0.25, 0.3) is 0 Å². The fourth-order valence-electron chi connectivity index (χ4n) is 0.380. The molecule has 0 aliphatic rings. The fraction of sp³-hybridized carbons (Fsp3) is 1.00. The van der Waals surface area contributed by atoms with Crippen molar-refractivity contribution in [1.29, 1.82) is 0 Å². The molecule has 0 radical (unpaired) electrons. The first-order chi connectivity index (χ1) is 4.36. The van der Waals surface area contributed by atoms with Crippen LogP contribution in [0.3, 0.4) is 0 Å². The first kappa shape index (κ1) is 9.77. The summed E-state index contributed by atoms with van der Waals surface area (Å²) in [6.45, 7) is 2.94. The molecule has 0 amide bonds. The molecule has 64 valence electrons. The van der Waals surface area contributed by atoms with Gasteiger partial charge in [0.2, 0.25) is 0 Å². The molecule has 0 aliphatic carbocycles. The summed E-state index contributed by atoms with van der Waals surface area (Å²) >= 11 is 0. The number of hydrogen-bond acceptors (Lipinski definition) is 2. The minimum absolute atomic E-state index is 0. The largest absolute Gasteiger partial charge is 0.350 e. The number of rotatable bonds is 3. The van der Waals surface area contributed by atoms with E-state index in [1.165, 1.54) is 13.8 Å². The topological polar surface area (TPSA) is 46.2 Å². The molecule has 0 fully saturated rings. The molecule has 0 heterocycles. The van der Waals surface area contributed by atoms with E-state index >= 15 is 0 Å². The third-order valence-corrected chi connectivity index (χ3v) is 1.90. The molecule has 6 heteroatoms. The Hall–Kier alpha value is -0.230. The quantitative estimate of drug-likeness (QED) is 0.689. The van der Waals surface area contributed by atoms with E-state index in [2.05, 4.69) is 0 Å². The van der Waals surface area contributed by atoms with Gasteiger partial charge >= 0.3 is 5.76 Å². The number of sulfonamides is 1. The average molecular weight is 175 g/mol. The molecule has 0 aromatic heterocycles. The predicted octanol–water partition coefficient (Wildman–Crippen LogP) is 0.783. The molecule has 0 spiro atoms. The van der Waals surface area contributed by atoms with Crippen molar-refractivity contribution in [2.45, 2.75) is 25.6 Å². The zero-order valence-electron chi connectivity index (χ0n) is 5.64. The smallest absolute Gasteiger partial charge is 0.208 e. The lowest BCUT2D eigenvalue weighted by Gasteiger charge is -2.06. The van der Waals surface area contributed by atoms with Crippen molar-refractivity contribution in [2.24, 2.45) is 0 Å². The summed E-state index contributed by atoms with van der Waals surface area (Å²) in [6, 6.07) is -0.487. The molecule has 0 bridgehead atoms. The Labute approximate surface area is 60.0 Å². The molecule has 0 rings (SSSR count).